The minimum absolute atomic E-state index is 0.797. The van der Waals surface area contributed by atoms with Gasteiger partial charge in [0.15, 0.2) is 33.3 Å². The van der Waals surface area contributed by atoms with E-state index in [0.717, 1.165) is 74.0 Å². The van der Waals surface area contributed by atoms with E-state index in [0.29, 0.717) is 0 Å². The van der Waals surface area contributed by atoms with Crippen molar-refractivity contribution < 1.29 is 35.6 Å². The molecule has 1 rings (SSSR count). The first-order valence-corrected chi connectivity index (χ1v) is 38.1. The highest BCUT2D eigenvalue weighted by Crippen LogP contribution is 2.40. The van der Waals surface area contributed by atoms with Gasteiger partial charge in [0.25, 0.3) is 0 Å². The van der Waals surface area contributed by atoms with Gasteiger partial charge >= 0.3 is 34.2 Å². The van der Waals surface area contributed by atoms with Gasteiger partial charge in [0.2, 0.25) is 0 Å². The molecule has 240 valence electrons. The summed E-state index contributed by atoms with van der Waals surface area (Å²) >= 11 is 0. The third-order valence-corrected chi connectivity index (χ3v) is 32.6. The van der Waals surface area contributed by atoms with Crippen LogP contribution in [0.5, 0.6) is 0 Å². The second-order valence-electron chi connectivity index (χ2n) is 15.6. The predicted molar refractivity (Wildman–Crippen MR) is 187 cm³/mol. The molecule has 1 aliphatic rings. The molecular formula is C24H64O8Si8. The molecule has 0 aromatic rings. The first kappa shape index (κ1) is 39.4. The lowest BCUT2D eigenvalue weighted by atomic mass is 10.6. The molecule has 4 N–H and O–H groups in total. The van der Waals surface area contributed by atoms with E-state index in [-0.39, 0.29) is 0 Å². The molecule has 0 spiro atoms. The van der Waals surface area contributed by atoms with Crippen molar-refractivity contribution in [1.82, 2.24) is 0 Å². The van der Waals surface area contributed by atoms with E-state index in [1.165, 1.54) is 0 Å². The average molecular weight is 705 g/mol. The zero-order valence-corrected chi connectivity index (χ0v) is 35.9. The number of hydrogen-bond donors (Lipinski definition) is 4. The molecule has 8 nitrogen and oxygen atoms in total. The Hall–Kier alpha value is 1.42. The van der Waals surface area contributed by atoms with Crippen molar-refractivity contribution >= 4 is 67.5 Å². The molecule has 0 aliphatic carbocycles. The number of rotatable bonds is 16. The maximum Gasteiger partial charge on any atom is 0.317 e. The van der Waals surface area contributed by atoms with Gasteiger partial charge in [-0.1, -0.05) is 25.7 Å². The second-order valence-corrected chi connectivity index (χ2v) is 46.4. The molecule has 0 saturated carbocycles. The lowest BCUT2D eigenvalue weighted by Gasteiger charge is -2.50. The summed E-state index contributed by atoms with van der Waals surface area (Å²) in [4.78, 5) is 42.1. The molecule has 16 heteroatoms. The van der Waals surface area contributed by atoms with Crippen LogP contribution in [0, 0.1) is 0 Å². The lowest BCUT2D eigenvalue weighted by molar-refractivity contribution is 0.221. The minimum Gasteiger partial charge on any atom is -0.432 e. The minimum atomic E-state index is -2.73. The van der Waals surface area contributed by atoms with Crippen molar-refractivity contribution in [3.8, 4) is 0 Å². The van der Waals surface area contributed by atoms with Gasteiger partial charge in [0.1, 0.15) is 0 Å². The zero-order chi connectivity index (χ0) is 31.3. The van der Waals surface area contributed by atoms with E-state index in [1.807, 2.05) is 52.4 Å². The summed E-state index contributed by atoms with van der Waals surface area (Å²) < 4.78 is 28.8. The standard InChI is InChI=1S/C24H64O8Si8/c1-33(2,25)17-13-21-37(9)29-38(10,22-14-18-34(3,4)26)31-40(12,24-16-20-36(7,8)28)32-39(11,30-37)23-15-19-35(5,6)27/h25-28H,13-24H2,1-12H3. The van der Waals surface area contributed by atoms with Crippen LogP contribution in [0.25, 0.3) is 0 Å². The fraction of sp³-hybridized carbons (Fsp3) is 1.00. The normalized spacial score (nSPS) is 31.2. The molecule has 0 aromatic carbocycles. The Morgan fingerprint density at radius 2 is 0.525 bits per heavy atom. The molecule has 1 saturated heterocycles. The monoisotopic (exact) mass is 704 g/mol. The Morgan fingerprint density at radius 3 is 0.650 bits per heavy atom. The molecule has 40 heavy (non-hydrogen) atoms. The first-order chi connectivity index (χ1) is 17.7. The number of hydrogen-bond acceptors (Lipinski definition) is 8. The molecule has 1 fully saturated rings. The highest BCUT2D eigenvalue weighted by Gasteiger charge is 2.56. The molecule has 0 amide bonds. The highest BCUT2D eigenvalue weighted by atomic mass is 28.5. The van der Waals surface area contributed by atoms with E-state index in [1.54, 1.807) is 0 Å². The maximum atomic E-state index is 10.5. The predicted octanol–water partition coefficient (Wildman–Crippen LogP) is 6.70. The van der Waals surface area contributed by atoms with Crippen molar-refractivity contribution in [3.05, 3.63) is 0 Å². The molecule has 0 aromatic heterocycles. The third-order valence-electron chi connectivity index (χ3n) is 7.41. The Balaban J connectivity index is 3.38. The summed E-state index contributed by atoms with van der Waals surface area (Å²) in [6.07, 6.45) is 3.47. The molecule has 0 unspecified atom stereocenters. The summed E-state index contributed by atoms with van der Waals surface area (Å²) in [6, 6.07) is 6.42. The van der Waals surface area contributed by atoms with Gasteiger partial charge in [-0.3, -0.25) is 0 Å². The van der Waals surface area contributed by atoms with E-state index in [9.17, 15) is 19.2 Å². The molecule has 1 aliphatic heterocycles. The van der Waals surface area contributed by atoms with Gasteiger partial charge < -0.3 is 35.6 Å². The summed E-state index contributed by atoms with van der Waals surface area (Å²) in [6.45, 7) is 24.5. The molecule has 0 radical (unpaired) electrons. The lowest BCUT2D eigenvalue weighted by Crippen LogP contribution is -2.67. The zero-order valence-electron chi connectivity index (χ0n) is 27.9. The fourth-order valence-corrected chi connectivity index (χ4v) is 34.6. The fourth-order valence-electron chi connectivity index (χ4n) is 5.69. The van der Waals surface area contributed by atoms with E-state index >= 15 is 0 Å². The van der Waals surface area contributed by atoms with Crippen molar-refractivity contribution in [2.24, 2.45) is 0 Å². The van der Waals surface area contributed by atoms with Crippen LogP contribution in [0.3, 0.4) is 0 Å². The van der Waals surface area contributed by atoms with E-state index in [4.69, 9.17) is 16.5 Å². The van der Waals surface area contributed by atoms with Crippen LogP contribution in [0.1, 0.15) is 25.7 Å². The Morgan fingerprint density at radius 1 is 0.375 bits per heavy atom. The van der Waals surface area contributed by atoms with Crippen molar-refractivity contribution in [2.75, 3.05) is 0 Å². The van der Waals surface area contributed by atoms with Gasteiger partial charge in [-0.2, -0.15) is 0 Å². The van der Waals surface area contributed by atoms with Crippen molar-refractivity contribution in [1.29, 1.82) is 0 Å². The smallest absolute Gasteiger partial charge is 0.317 e. The summed E-state index contributed by atoms with van der Waals surface area (Å²) in [5, 5.41) is 0. The van der Waals surface area contributed by atoms with Crippen molar-refractivity contribution in [3.63, 3.8) is 0 Å². The molecule has 1 heterocycles. The van der Waals surface area contributed by atoms with E-state index < -0.39 is 67.5 Å². The van der Waals surface area contributed by atoms with Gasteiger partial charge in [0.05, 0.1) is 0 Å². The van der Waals surface area contributed by atoms with Crippen molar-refractivity contribution in [2.45, 2.75) is 153 Å². The van der Waals surface area contributed by atoms with Crippen LogP contribution in [-0.4, -0.2) is 86.7 Å². The quantitative estimate of drug-likeness (QED) is 0.131. The average Bonchev–Trinajstić information content (AvgIpc) is 2.61. The molecule has 0 bridgehead atoms. The Labute approximate surface area is 254 Å². The van der Waals surface area contributed by atoms with Crippen LogP contribution >= 0.6 is 0 Å². The van der Waals surface area contributed by atoms with Gasteiger partial charge in [-0.15, -0.1) is 0 Å². The summed E-state index contributed by atoms with van der Waals surface area (Å²) in [5.41, 5.74) is 0. The van der Waals surface area contributed by atoms with Crippen LogP contribution in [0.4, 0.5) is 0 Å². The summed E-state index contributed by atoms with van der Waals surface area (Å²) in [7, 11) is -19.7. The SMILES string of the molecule is C[Si](C)(O)CCC[Si]1(C)O[Si](C)(CCC[Si](C)(C)O)O[Si](C)(CCC[Si](C)(C)O)O[Si](C)(CCC[Si](C)(C)O)O1. The van der Waals surface area contributed by atoms with E-state index in [2.05, 4.69) is 26.2 Å². The Kier molecular flexibility index (Phi) is 14.5. The Bertz CT molecular complexity index is 641. The highest BCUT2D eigenvalue weighted by molar-refractivity contribution is 6.94. The second kappa shape index (κ2) is 14.7. The van der Waals surface area contributed by atoms with Crippen LogP contribution in [0.2, 0.25) is 127 Å². The van der Waals surface area contributed by atoms with Gasteiger partial charge in [-0.25, -0.2) is 0 Å². The largest absolute Gasteiger partial charge is 0.432 e. The van der Waals surface area contributed by atoms with Gasteiger partial charge in [0, 0.05) is 0 Å². The van der Waals surface area contributed by atoms with Crippen LogP contribution < -0.4 is 0 Å². The van der Waals surface area contributed by atoms with Crippen LogP contribution in [0.15, 0.2) is 0 Å². The molecule has 0 atom stereocenters. The topological polar surface area (TPSA) is 118 Å². The third kappa shape index (κ3) is 17.6. The molecular weight excluding hydrogens is 641 g/mol. The van der Waals surface area contributed by atoms with Crippen LogP contribution in [-0.2, 0) is 16.5 Å². The summed E-state index contributed by atoms with van der Waals surface area (Å²) in [5.74, 6) is 0. The maximum absolute atomic E-state index is 10.5. The first-order valence-electron chi connectivity index (χ1n) is 15.4. The van der Waals surface area contributed by atoms with Gasteiger partial charge in [-0.05, 0) is 127 Å².